The third-order valence-corrected chi connectivity index (χ3v) is 2.55. The van der Waals surface area contributed by atoms with Crippen molar-refractivity contribution < 1.29 is 5.11 Å². The van der Waals surface area contributed by atoms with E-state index >= 15 is 0 Å². The van der Waals surface area contributed by atoms with Gasteiger partial charge in [-0.3, -0.25) is 0 Å². The molecule has 0 spiro atoms. The van der Waals surface area contributed by atoms with E-state index in [0.717, 1.165) is 9.99 Å². The molecule has 2 rings (SSSR count). The van der Waals surface area contributed by atoms with Crippen molar-refractivity contribution in [3.8, 4) is 0 Å². The van der Waals surface area contributed by atoms with E-state index < -0.39 is 0 Å². The van der Waals surface area contributed by atoms with Crippen LogP contribution >= 0.6 is 15.9 Å². The summed E-state index contributed by atoms with van der Waals surface area (Å²) in [5.74, 6) is 0.657. The Kier molecular flexibility index (Phi) is 2.99. The first-order chi connectivity index (χ1) is 7.20. The Balaban J connectivity index is 2.38. The number of hydrogen-bond acceptors (Lipinski definition) is 4. The lowest BCUT2D eigenvalue weighted by molar-refractivity contribution is 0.275. The molecule has 80 valence electrons. The number of imidazole rings is 1. The number of hydrogen-bond donors (Lipinski definition) is 3. The lowest BCUT2D eigenvalue weighted by atomic mass is 10.2. The molecule has 0 aliphatic carbocycles. The van der Waals surface area contributed by atoms with E-state index in [9.17, 15) is 0 Å². The molecule has 15 heavy (non-hydrogen) atoms. The fourth-order valence-corrected chi connectivity index (χ4v) is 1.68. The van der Waals surface area contributed by atoms with Gasteiger partial charge in [-0.2, -0.15) is 0 Å². The van der Waals surface area contributed by atoms with Gasteiger partial charge in [-0.15, -0.1) is 0 Å². The van der Waals surface area contributed by atoms with Gasteiger partial charge >= 0.3 is 0 Å². The third-order valence-electron chi connectivity index (χ3n) is 2.11. The molecule has 1 atom stereocenters. The van der Waals surface area contributed by atoms with Crippen molar-refractivity contribution >= 4 is 27.1 Å². The van der Waals surface area contributed by atoms with Crippen LogP contribution in [0.3, 0.4) is 0 Å². The molecule has 0 aliphatic rings. The molecular formula is C9H11BrN4O. The quantitative estimate of drug-likeness (QED) is 0.780. The van der Waals surface area contributed by atoms with Crippen LogP contribution in [0, 0.1) is 0 Å². The summed E-state index contributed by atoms with van der Waals surface area (Å²) in [5, 5.41) is 8.77. The Labute approximate surface area is 94.9 Å². The van der Waals surface area contributed by atoms with Gasteiger partial charge in [0.15, 0.2) is 5.65 Å². The number of aromatic nitrogens is 3. The molecule has 2 heterocycles. The minimum Gasteiger partial charge on any atom is -0.396 e. The number of aromatic amines is 1. The molecule has 0 radical (unpaired) electrons. The molecular weight excluding hydrogens is 260 g/mol. The minimum atomic E-state index is -0.275. The highest BCUT2D eigenvalue weighted by molar-refractivity contribution is 9.10. The van der Waals surface area contributed by atoms with Crippen LogP contribution in [0.4, 0.5) is 0 Å². The predicted molar refractivity (Wildman–Crippen MR) is 60.2 cm³/mol. The molecule has 2 aromatic heterocycles. The normalized spacial score (nSPS) is 13.3. The van der Waals surface area contributed by atoms with Crippen LogP contribution in [0.2, 0.25) is 0 Å². The molecule has 0 amide bonds. The molecule has 4 N–H and O–H groups in total. The van der Waals surface area contributed by atoms with Crippen molar-refractivity contribution in [2.45, 2.75) is 12.5 Å². The molecule has 0 aliphatic heterocycles. The van der Waals surface area contributed by atoms with E-state index in [1.807, 2.05) is 6.07 Å². The summed E-state index contributed by atoms with van der Waals surface area (Å²) >= 11 is 3.33. The standard InChI is InChI=1S/C9H11BrN4O/c10-5-3-7-9(12-4-5)14-8(13-7)6(11)1-2-15/h3-4,6,15H,1-2,11H2,(H,12,13,14). The summed E-state index contributed by atoms with van der Waals surface area (Å²) < 4.78 is 0.890. The third kappa shape index (κ3) is 2.17. The highest BCUT2D eigenvalue weighted by Crippen LogP contribution is 2.18. The van der Waals surface area contributed by atoms with Gasteiger partial charge in [0.05, 0.1) is 11.6 Å². The van der Waals surface area contributed by atoms with E-state index in [0.29, 0.717) is 17.9 Å². The maximum atomic E-state index is 8.77. The number of fused-ring (bicyclic) bond motifs is 1. The van der Waals surface area contributed by atoms with Crippen molar-refractivity contribution in [2.24, 2.45) is 5.73 Å². The molecule has 0 fully saturated rings. The van der Waals surface area contributed by atoms with Gasteiger partial charge in [0, 0.05) is 17.3 Å². The Hall–Kier alpha value is -0.980. The molecule has 0 aromatic carbocycles. The van der Waals surface area contributed by atoms with Crippen LogP contribution in [-0.4, -0.2) is 26.7 Å². The Bertz CT molecular complexity index is 470. The molecule has 6 heteroatoms. The minimum absolute atomic E-state index is 0.0509. The molecule has 0 bridgehead atoms. The van der Waals surface area contributed by atoms with Crippen LogP contribution in [0.15, 0.2) is 16.7 Å². The van der Waals surface area contributed by atoms with Gasteiger partial charge in [-0.05, 0) is 28.4 Å². The van der Waals surface area contributed by atoms with Crippen LogP contribution in [0.1, 0.15) is 18.3 Å². The van der Waals surface area contributed by atoms with Gasteiger partial charge in [0.25, 0.3) is 0 Å². The molecule has 1 unspecified atom stereocenters. The highest BCUT2D eigenvalue weighted by atomic mass is 79.9. The SMILES string of the molecule is NC(CCO)c1nc2ncc(Br)cc2[nH]1. The average molecular weight is 271 g/mol. The van der Waals surface area contributed by atoms with Gasteiger partial charge in [0.2, 0.25) is 0 Å². The Morgan fingerprint density at radius 2 is 2.40 bits per heavy atom. The maximum absolute atomic E-state index is 8.77. The zero-order valence-corrected chi connectivity index (χ0v) is 9.53. The molecule has 5 nitrogen and oxygen atoms in total. The van der Waals surface area contributed by atoms with E-state index in [1.165, 1.54) is 0 Å². The number of nitrogens with one attached hydrogen (secondary N) is 1. The largest absolute Gasteiger partial charge is 0.396 e. The predicted octanol–water partition coefficient (Wildman–Crippen LogP) is 1.10. The smallest absolute Gasteiger partial charge is 0.177 e. The number of nitrogens with two attached hydrogens (primary N) is 1. The summed E-state index contributed by atoms with van der Waals surface area (Å²) in [6.07, 6.45) is 2.17. The lowest BCUT2D eigenvalue weighted by Crippen LogP contribution is -2.13. The van der Waals surface area contributed by atoms with E-state index in [2.05, 4.69) is 30.9 Å². The topological polar surface area (TPSA) is 87.8 Å². The number of nitrogens with zero attached hydrogens (tertiary/aromatic N) is 2. The number of pyridine rings is 1. The van der Waals surface area contributed by atoms with Crippen LogP contribution < -0.4 is 5.73 Å². The first kappa shape index (κ1) is 10.5. The fraction of sp³-hybridized carbons (Fsp3) is 0.333. The zero-order chi connectivity index (χ0) is 10.8. The highest BCUT2D eigenvalue weighted by Gasteiger charge is 2.11. The summed E-state index contributed by atoms with van der Waals surface area (Å²) in [4.78, 5) is 11.5. The Morgan fingerprint density at radius 3 is 3.13 bits per heavy atom. The number of H-pyrrole nitrogens is 1. The lowest BCUT2D eigenvalue weighted by Gasteiger charge is -2.04. The second-order valence-electron chi connectivity index (χ2n) is 3.27. The first-order valence-corrected chi connectivity index (χ1v) is 5.37. The summed E-state index contributed by atoms with van der Waals surface area (Å²) in [7, 11) is 0. The van der Waals surface area contributed by atoms with Crippen LogP contribution in [0.5, 0.6) is 0 Å². The molecule has 2 aromatic rings. The van der Waals surface area contributed by atoms with E-state index in [1.54, 1.807) is 6.20 Å². The van der Waals surface area contributed by atoms with Gasteiger partial charge in [-0.25, -0.2) is 9.97 Å². The second-order valence-corrected chi connectivity index (χ2v) is 4.18. The summed E-state index contributed by atoms with van der Waals surface area (Å²) in [6.45, 7) is 0.0509. The van der Waals surface area contributed by atoms with Crippen molar-refractivity contribution in [1.29, 1.82) is 0 Å². The monoisotopic (exact) mass is 270 g/mol. The van der Waals surface area contributed by atoms with Gasteiger partial charge in [-0.1, -0.05) is 0 Å². The maximum Gasteiger partial charge on any atom is 0.177 e. The number of aliphatic hydroxyl groups excluding tert-OH is 1. The van der Waals surface area contributed by atoms with Crippen molar-refractivity contribution in [1.82, 2.24) is 15.0 Å². The number of halogens is 1. The van der Waals surface area contributed by atoms with Crippen molar-refractivity contribution in [3.05, 3.63) is 22.6 Å². The van der Waals surface area contributed by atoms with Gasteiger partial charge in [0.1, 0.15) is 5.82 Å². The molecule has 0 saturated carbocycles. The van der Waals surface area contributed by atoms with Crippen LogP contribution in [0.25, 0.3) is 11.2 Å². The van der Waals surface area contributed by atoms with E-state index in [-0.39, 0.29) is 12.6 Å². The van der Waals surface area contributed by atoms with Crippen molar-refractivity contribution in [3.63, 3.8) is 0 Å². The van der Waals surface area contributed by atoms with Crippen LogP contribution in [-0.2, 0) is 0 Å². The van der Waals surface area contributed by atoms with Gasteiger partial charge < -0.3 is 15.8 Å². The number of rotatable bonds is 3. The fourth-order valence-electron chi connectivity index (χ4n) is 1.34. The summed E-state index contributed by atoms with van der Waals surface area (Å²) in [5.41, 5.74) is 7.30. The number of aliphatic hydroxyl groups is 1. The second kappa shape index (κ2) is 4.26. The summed E-state index contributed by atoms with van der Waals surface area (Å²) in [6, 6.07) is 1.62. The zero-order valence-electron chi connectivity index (χ0n) is 7.94. The van der Waals surface area contributed by atoms with Crippen molar-refractivity contribution in [2.75, 3.05) is 6.61 Å². The Morgan fingerprint density at radius 1 is 1.60 bits per heavy atom. The van der Waals surface area contributed by atoms with E-state index in [4.69, 9.17) is 10.8 Å². The average Bonchev–Trinajstić information content (AvgIpc) is 2.60. The first-order valence-electron chi connectivity index (χ1n) is 4.58. The molecule has 0 saturated heterocycles.